The van der Waals surface area contributed by atoms with Crippen molar-refractivity contribution in [3.05, 3.63) is 34.4 Å². The van der Waals surface area contributed by atoms with Crippen molar-refractivity contribution in [3.8, 4) is 0 Å². The number of fused-ring (bicyclic) bond motifs is 1. The highest BCUT2D eigenvalue weighted by molar-refractivity contribution is 5.44. The normalized spacial score (nSPS) is 15.4. The van der Waals surface area contributed by atoms with Crippen molar-refractivity contribution in [2.24, 2.45) is 0 Å². The predicted molar refractivity (Wildman–Crippen MR) is 79.3 cm³/mol. The van der Waals surface area contributed by atoms with Crippen LogP contribution in [-0.4, -0.2) is 24.0 Å². The molecule has 1 aromatic rings. The summed E-state index contributed by atoms with van der Waals surface area (Å²) in [6.07, 6.45) is 5.07. The zero-order valence-electron chi connectivity index (χ0n) is 12.4. The summed E-state index contributed by atoms with van der Waals surface area (Å²) in [7, 11) is 0. The topological polar surface area (TPSA) is 3.24 Å². The maximum atomic E-state index is 2.71. The second kappa shape index (κ2) is 5.88. The first-order valence-corrected chi connectivity index (χ1v) is 7.49. The van der Waals surface area contributed by atoms with Crippen molar-refractivity contribution < 1.29 is 0 Å². The summed E-state index contributed by atoms with van der Waals surface area (Å²) in [5.41, 5.74) is 6.26. The van der Waals surface area contributed by atoms with Crippen LogP contribution in [0.4, 0.5) is 0 Å². The predicted octanol–water partition coefficient (Wildman–Crippen LogP) is 3.89. The van der Waals surface area contributed by atoms with Crippen LogP contribution in [0.15, 0.2) is 12.1 Å². The van der Waals surface area contributed by atoms with E-state index in [1.54, 1.807) is 11.1 Å². The van der Waals surface area contributed by atoms with Gasteiger partial charge in [0.15, 0.2) is 0 Å². The van der Waals surface area contributed by atoms with E-state index in [1.807, 2.05) is 0 Å². The van der Waals surface area contributed by atoms with Crippen LogP contribution in [0.5, 0.6) is 0 Å². The average Bonchev–Trinajstić information content (AvgIpc) is 2.80. The molecule has 0 aliphatic heterocycles. The maximum absolute atomic E-state index is 2.71. The van der Waals surface area contributed by atoms with Crippen LogP contribution >= 0.6 is 0 Å². The maximum Gasteiger partial charge on any atom is 0.0176 e. The lowest BCUT2D eigenvalue weighted by Crippen LogP contribution is -2.37. The SMILES string of the molecule is CCCN(CCC)C1Cc2c(C)ccc(C)c2C1. The van der Waals surface area contributed by atoms with E-state index in [2.05, 4.69) is 44.7 Å². The summed E-state index contributed by atoms with van der Waals surface area (Å²) in [5.74, 6) is 0. The van der Waals surface area contributed by atoms with Gasteiger partial charge in [-0.05, 0) is 74.9 Å². The van der Waals surface area contributed by atoms with Gasteiger partial charge in [0, 0.05) is 6.04 Å². The summed E-state index contributed by atoms with van der Waals surface area (Å²) in [6, 6.07) is 5.33. The number of hydrogen-bond donors (Lipinski definition) is 0. The van der Waals surface area contributed by atoms with Gasteiger partial charge >= 0.3 is 0 Å². The van der Waals surface area contributed by atoms with Crippen LogP contribution in [0.1, 0.15) is 48.9 Å². The zero-order chi connectivity index (χ0) is 13.1. The van der Waals surface area contributed by atoms with Gasteiger partial charge < -0.3 is 0 Å². The van der Waals surface area contributed by atoms with Crippen molar-refractivity contribution in [2.75, 3.05) is 13.1 Å². The minimum Gasteiger partial charge on any atom is -0.300 e. The molecule has 18 heavy (non-hydrogen) atoms. The Labute approximate surface area is 112 Å². The Morgan fingerprint density at radius 1 is 0.944 bits per heavy atom. The number of aryl methyl sites for hydroxylation is 2. The number of hydrogen-bond acceptors (Lipinski definition) is 1. The Morgan fingerprint density at radius 3 is 1.78 bits per heavy atom. The lowest BCUT2D eigenvalue weighted by Gasteiger charge is -2.28. The fourth-order valence-corrected chi connectivity index (χ4v) is 3.35. The van der Waals surface area contributed by atoms with E-state index in [0.717, 1.165) is 6.04 Å². The molecule has 0 bridgehead atoms. The molecule has 0 N–H and O–H groups in total. The molecule has 0 saturated heterocycles. The van der Waals surface area contributed by atoms with Crippen molar-refractivity contribution in [1.29, 1.82) is 0 Å². The summed E-state index contributed by atoms with van der Waals surface area (Å²) < 4.78 is 0. The first kappa shape index (κ1) is 13.6. The van der Waals surface area contributed by atoms with Crippen molar-refractivity contribution >= 4 is 0 Å². The van der Waals surface area contributed by atoms with Crippen LogP contribution in [0.2, 0.25) is 0 Å². The Bertz CT molecular complexity index is 371. The molecule has 2 rings (SSSR count). The lowest BCUT2D eigenvalue weighted by molar-refractivity contribution is 0.202. The standard InChI is InChI=1S/C17H27N/c1-5-9-18(10-6-2)15-11-16-13(3)7-8-14(4)17(16)12-15/h7-8,15H,5-6,9-12H2,1-4H3. The zero-order valence-corrected chi connectivity index (χ0v) is 12.4. The molecule has 0 atom stereocenters. The summed E-state index contributed by atoms with van der Waals surface area (Å²) >= 11 is 0. The minimum atomic E-state index is 0.750. The molecule has 0 saturated carbocycles. The molecular weight excluding hydrogens is 218 g/mol. The van der Waals surface area contributed by atoms with Gasteiger partial charge in [-0.2, -0.15) is 0 Å². The number of benzene rings is 1. The molecule has 100 valence electrons. The number of rotatable bonds is 5. The van der Waals surface area contributed by atoms with E-state index < -0.39 is 0 Å². The van der Waals surface area contributed by atoms with E-state index in [9.17, 15) is 0 Å². The van der Waals surface area contributed by atoms with Crippen LogP contribution in [0.25, 0.3) is 0 Å². The fraction of sp³-hybridized carbons (Fsp3) is 0.647. The van der Waals surface area contributed by atoms with E-state index in [1.165, 1.54) is 49.9 Å². The van der Waals surface area contributed by atoms with E-state index >= 15 is 0 Å². The molecule has 0 aromatic heterocycles. The highest BCUT2D eigenvalue weighted by atomic mass is 15.1. The molecule has 1 nitrogen and oxygen atoms in total. The van der Waals surface area contributed by atoms with E-state index in [-0.39, 0.29) is 0 Å². The molecule has 1 aliphatic rings. The molecule has 0 amide bonds. The molecule has 0 heterocycles. The fourth-order valence-electron chi connectivity index (χ4n) is 3.35. The van der Waals surface area contributed by atoms with Crippen LogP contribution < -0.4 is 0 Å². The number of nitrogens with zero attached hydrogens (tertiary/aromatic N) is 1. The van der Waals surface area contributed by atoms with Gasteiger partial charge in [0.1, 0.15) is 0 Å². The largest absolute Gasteiger partial charge is 0.300 e. The first-order chi connectivity index (χ1) is 8.67. The van der Waals surface area contributed by atoms with Crippen molar-refractivity contribution in [3.63, 3.8) is 0 Å². The van der Waals surface area contributed by atoms with E-state index in [0.29, 0.717) is 0 Å². The third kappa shape index (κ3) is 2.61. The molecule has 0 radical (unpaired) electrons. The van der Waals surface area contributed by atoms with Gasteiger partial charge in [-0.15, -0.1) is 0 Å². The van der Waals surface area contributed by atoms with Gasteiger partial charge in [-0.25, -0.2) is 0 Å². The molecule has 0 spiro atoms. The smallest absolute Gasteiger partial charge is 0.0176 e. The van der Waals surface area contributed by atoms with E-state index in [4.69, 9.17) is 0 Å². The van der Waals surface area contributed by atoms with Gasteiger partial charge in [0.05, 0.1) is 0 Å². The molecule has 1 aromatic carbocycles. The quantitative estimate of drug-likeness (QED) is 0.760. The second-order valence-corrected chi connectivity index (χ2v) is 5.75. The first-order valence-electron chi connectivity index (χ1n) is 7.49. The van der Waals surface area contributed by atoms with Crippen molar-refractivity contribution in [2.45, 2.75) is 59.4 Å². The van der Waals surface area contributed by atoms with Crippen molar-refractivity contribution in [1.82, 2.24) is 4.90 Å². The van der Waals surface area contributed by atoms with Gasteiger partial charge in [0.25, 0.3) is 0 Å². The summed E-state index contributed by atoms with van der Waals surface area (Å²) in [6.45, 7) is 11.6. The average molecular weight is 245 g/mol. The molecule has 1 aliphatic carbocycles. The molecule has 0 unspecified atom stereocenters. The third-order valence-electron chi connectivity index (χ3n) is 4.32. The third-order valence-corrected chi connectivity index (χ3v) is 4.32. The second-order valence-electron chi connectivity index (χ2n) is 5.75. The minimum absolute atomic E-state index is 0.750. The van der Waals surface area contributed by atoms with Gasteiger partial charge in [-0.3, -0.25) is 4.90 Å². The Morgan fingerprint density at radius 2 is 1.39 bits per heavy atom. The van der Waals surface area contributed by atoms with Crippen LogP contribution in [0, 0.1) is 13.8 Å². The Kier molecular flexibility index (Phi) is 4.45. The summed E-state index contributed by atoms with van der Waals surface area (Å²) in [5, 5.41) is 0. The van der Waals surface area contributed by atoms with Gasteiger partial charge in [0.2, 0.25) is 0 Å². The highest BCUT2D eigenvalue weighted by Gasteiger charge is 2.27. The Balaban J connectivity index is 2.17. The lowest BCUT2D eigenvalue weighted by atomic mass is 10.0. The molecular formula is C17H27N. The van der Waals surface area contributed by atoms with Crippen LogP contribution in [0.3, 0.4) is 0 Å². The highest BCUT2D eigenvalue weighted by Crippen LogP contribution is 2.30. The molecule has 0 fully saturated rings. The Hall–Kier alpha value is -0.820. The van der Waals surface area contributed by atoms with Gasteiger partial charge in [-0.1, -0.05) is 26.0 Å². The molecule has 1 heteroatoms. The van der Waals surface area contributed by atoms with Crippen LogP contribution in [-0.2, 0) is 12.8 Å². The summed E-state index contributed by atoms with van der Waals surface area (Å²) in [4.78, 5) is 2.71. The monoisotopic (exact) mass is 245 g/mol.